The Bertz CT molecular complexity index is 1090. The number of aromatic nitrogens is 4. The molecule has 0 aliphatic carbocycles. The van der Waals surface area contributed by atoms with Crippen LogP contribution in [-0.2, 0) is 16.6 Å². The molecule has 2 aromatic heterocycles. The molecule has 0 fully saturated rings. The minimum Gasteiger partial charge on any atom is -0.354 e. The normalized spacial score (nSPS) is 11.3. The third kappa shape index (κ3) is 5.02. The van der Waals surface area contributed by atoms with Crippen molar-refractivity contribution in [1.29, 1.82) is 0 Å². The number of hydrogen-bond donors (Lipinski definition) is 3. The van der Waals surface area contributed by atoms with Crippen LogP contribution in [0.4, 0.5) is 23.1 Å². The Labute approximate surface area is 170 Å². The summed E-state index contributed by atoms with van der Waals surface area (Å²) in [6, 6.07) is 8.76. The average Bonchev–Trinajstić information content (AvgIpc) is 3.05. The summed E-state index contributed by atoms with van der Waals surface area (Å²) in [5.74, 6) is 1.87. The van der Waals surface area contributed by atoms with Gasteiger partial charge in [0, 0.05) is 42.4 Å². The van der Waals surface area contributed by atoms with Gasteiger partial charge in [-0.15, -0.1) is 0 Å². The first-order valence-electron chi connectivity index (χ1n) is 9.34. The summed E-state index contributed by atoms with van der Waals surface area (Å²) in [5, 5.41) is 6.29. The molecule has 3 rings (SSSR count). The molecule has 0 aliphatic rings. The third-order valence-corrected chi connectivity index (χ3v) is 5.42. The molecule has 0 radical (unpaired) electrons. The fourth-order valence-electron chi connectivity index (χ4n) is 2.78. The van der Waals surface area contributed by atoms with Gasteiger partial charge in [-0.2, -0.15) is 13.4 Å². The zero-order valence-corrected chi connectivity index (χ0v) is 17.7. The van der Waals surface area contributed by atoms with Crippen molar-refractivity contribution in [3.05, 3.63) is 48.0 Å². The van der Waals surface area contributed by atoms with E-state index in [1.807, 2.05) is 26.8 Å². The van der Waals surface area contributed by atoms with Gasteiger partial charge < -0.3 is 15.2 Å². The smallest absolute Gasteiger partial charge is 0.280 e. The number of aryl methyl sites for hydroxylation is 3. The number of nitrogens with one attached hydrogen (secondary N) is 3. The minimum atomic E-state index is -3.75. The monoisotopic (exact) mass is 415 g/mol. The maximum atomic E-state index is 12.6. The maximum absolute atomic E-state index is 12.6. The molecule has 0 saturated heterocycles. The Hall–Kier alpha value is -3.14. The van der Waals surface area contributed by atoms with Gasteiger partial charge >= 0.3 is 0 Å². The molecule has 9 nitrogen and oxygen atoms in total. The third-order valence-electron chi connectivity index (χ3n) is 4.17. The molecule has 0 atom stereocenters. The van der Waals surface area contributed by atoms with Crippen molar-refractivity contribution in [1.82, 2.24) is 19.5 Å². The molecule has 3 N–H and O–H groups in total. The van der Waals surface area contributed by atoms with Crippen LogP contribution in [0.5, 0.6) is 0 Å². The Morgan fingerprint density at radius 1 is 1.00 bits per heavy atom. The number of rotatable bonds is 8. The Kier molecular flexibility index (Phi) is 6.02. The first-order valence-corrected chi connectivity index (χ1v) is 10.8. The van der Waals surface area contributed by atoms with Gasteiger partial charge in [-0.05, 0) is 52.0 Å². The van der Waals surface area contributed by atoms with Crippen LogP contribution in [-0.4, -0.2) is 34.5 Å². The largest absolute Gasteiger partial charge is 0.354 e. The van der Waals surface area contributed by atoms with Crippen molar-refractivity contribution in [3.63, 3.8) is 0 Å². The van der Waals surface area contributed by atoms with Crippen molar-refractivity contribution in [3.8, 4) is 0 Å². The predicted octanol–water partition coefficient (Wildman–Crippen LogP) is 3.29. The molecule has 0 unspecified atom stereocenters. The van der Waals surface area contributed by atoms with E-state index in [1.165, 1.54) is 6.20 Å². The number of sulfonamides is 1. The van der Waals surface area contributed by atoms with Crippen LogP contribution in [0.1, 0.15) is 25.4 Å². The van der Waals surface area contributed by atoms with E-state index < -0.39 is 10.0 Å². The SMILES string of the molecule is CCNc1nc(C)cc(Nc2ccc(NS(=O)(=O)c3cn(CC)c(C)n3)cc2)n1. The molecule has 2 heterocycles. The molecular formula is C19H25N7O2S. The highest BCUT2D eigenvalue weighted by atomic mass is 32.2. The molecule has 10 heteroatoms. The van der Waals surface area contributed by atoms with Crippen LogP contribution < -0.4 is 15.4 Å². The van der Waals surface area contributed by atoms with E-state index in [-0.39, 0.29) is 5.03 Å². The first-order chi connectivity index (χ1) is 13.8. The van der Waals surface area contributed by atoms with Crippen LogP contribution in [0.3, 0.4) is 0 Å². The van der Waals surface area contributed by atoms with Gasteiger partial charge in [-0.25, -0.2) is 9.97 Å². The van der Waals surface area contributed by atoms with Gasteiger partial charge in [0.15, 0.2) is 5.03 Å². The van der Waals surface area contributed by atoms with Crippen LogP contribution in [0.2, 0.25) is 0 Å². The average molecular weight is 416 g/mol. The van der Waals surface area contributed by atoms with Crippen molar-refractivity contribution in [2.45, 2.75) is 39.3 Å². The summed E-state index contributed by atoms with van der Waals surface area (Å²) in [4.78, 5) is 12.9. The number of benzene rings is 1. The van der Waals surface area contributed by atoms with Crippen LogP contribution in [0, 0.1) is 13.8 Å². The van der Waals surface area contributed by atoms with Gasteiger partial charge in [0.1, 0.15) is 11.6 Å². The lowest BCUT2D eigenvalue weighted by Crippen LogP contribution is -2.13. The summed E-state index contributed by atoms with van der Waals surface area (Å²) < 4.78 is 29.5. The van der Waals surface area contributed by atoms with Crippen LogP contribution in [0.25, 0.3) is 0 Å². The van der Waals surface area contributed by atoms with E-state index in [1.54, 1.807) is 35.8 Å². The number of anilines is 4. The number of hydrogen-bond acceptors (Lipinski definition) is 7. The van der Waals surface area contributed by atoms with Crippen molar-refractivity contribution in [2.24, 2.45) is 0 Å². The standard InChI is InChI=1S/C19H25N7O2S/c1-5-20-19-21-13(3)11-17(24-19)23-15-7-9-16(10-8-15)25-29(27,28)18-12-26(6-2)14(4)22-18/h7-12,25H,5-6H2,1-4H3,(H2,20,21,23,24). The number of nitrogens with zero attached hydrogens (tertiary/aromatic N) is 4. The first kappa shape index (κ1) is 20.6. The zero-order chi connectivity index (χ0) is 21.0. The van der Waals surface area contributed by atoms with Gasteiger partial charge in [0.25, 0.3) is 10.0 Å². The topological polar surface area (TPSA) is 114 Å². The minimum absolute atomic E-state index is 0.00599. The van der Waals surface area contributed by atoms with Crippen LogP contribution >= 0.6 is 0 Å². The molecule has 0 saturated carbocycles. The molecule has 0 amide bonds. The summed E-state index contributed by atoms with van der Waals surface area (Å²) in [5.41, 5.74) is 2.07. The van der Waals surface area contributed by atoms with E-state index in [0.29, 0.717) is 29.8 Å². The highest BCUT2D eigenvalue weighted by molar-refractivity contribution is 7.92. The molecule has 3 aromatic rings. The Morgan fingerprint density at radius 2 is 1.69 bits per heavy atom. The van der Waals surface area contributed by atoms with E-state index in [4.69, 9.17) is 0 Å². The van der Waals surface area contributed by atoms with Gasteiger partial charge in [0.05, 0.1) is 0 Å². The molecular weight excluding hydrogens is 390 g/mol. The molecule has 0 spiro atoms. The summed E-state index contributed by atoms with van der Waals surface area (Å²) in [7, 11) is -3.75. The summed E-state index contributed by atoms with van der Waals surface area (Å²) in [6.45, 7) is 8.98. The Balaban J connectivity index is 1.73. The highest BCUT2D eigenvalue weighted by Crippen LogP contribution is 2.21. The highest BCUT2D eigenvalue weighted by Gasteiger charge is 2.19. The van der Waals surface area contributed by atoms with Crippen molar-refractivity contribution >= 4 is 33.2 Å². The quantitative estimate of drug-likeness (QED) is 0.517. The lowest BCUT2D eigenvalue weighted by atomic mass is 10.3. The second kappa shape index (κ2) is 8.48. The van der Waals surface area contributed by atoms with E-state index in [0.717, 1.165) is 17.9 Å². The second-order valence-corrected chi connectivity index (χ2v) is 8.10. The lowest BCUT2D eigenvalue weighted by Gasteiger charge is -2.10. The Morgan fingerprint density at radius 3 is 2.31 bits per heavy atom. The van der Waals surface area contributed by atoms with Crippen molar-refractivity contribution < 1.29 is 8.42 Å². The van der Waals surface area contributed by atoms with E-state index in [2.05, 4.69) is 30.3 Å². The predicted molar refractivity (Wildman–Crippen MR) is 114 cm³/mol. The van der Waals surface area contributed by atoms with Gasteiger partial charge in [-0.3, -0.25) is 4.72 Å². The lowest BCUT2D eigenvalue weighted by molar-refractivity contribution is 0.598. The fourth-order valence-corrected chi connectivity index (χ4v) is 3.84. The van der Waals surface area contributed by atoms with Gasteiger partial charge in [-0.1, -0.05) is 0 Å². The van der Waals surface area contributed by atoms with Gasteiger partial charge in [0.2, 0.25) is 5.95 Å². The molecule has 0 aliphatic heterocycles. The van der Waals surface area contributed by atoms with E-state index >= 15 is 0 Å². The van der Waals surface area contributed by atoms with Crippen LogP contribution in [0.15, 0.2) is 41.6 Å². The number of imidazole rings is 1. The molecule has 0 bridgehead atoms. The summed E-state index contributed by atoms with van der Waals surface area (Å²) >= 11 is 0. The zero-order valence-electron chi connectivity index (χ0n) is 16.9. The molecule has 29 heavy (non-hydrogen) atoms. The fraction of sp³-hybridized carbons (Fsp3) is 0.316. The molecule has 154 valence electrons. The van der Waals surface area contributed by atoms with E-state index in [9.17, 15) is 8.42 Å². The maximum Gasteiger partial charge on any atom is 0.280 e. The summed E-state index contributed by atoms with van der Waals surface area (Å²) in [6.07, 6.45) is 1.53. The second-order valence-electron chi connectivity index (χ2n) is 6.47. The van der Waals surface area contributed by atoms with Crippen molar-refractivity contribution in [2.75, 3.05) is 21.9 Å². The molecule has 1 aromatic carbocycles.